The predicted molar refractivity (Wildman–Crippen MR) is 37.4 cm³/mol. The number of methoxy groups -OCH3 is 1. The lowest BCUT2D eigenvalue weighted by molar-refractivity contribution is 0.358. The van der Waals surface area contributed by atoms with E-state index in [0.29, 0.717) is 0 Å². The number of aliphatic imine (C=N–C) groups is 1. The van der Waals surface area contributed by atoms with E-state index in [1.807, 2.05) is 0 Å². The van der Waals surface area contributed by atoms with Crippen molar-refractivity contribution >= 4 is 17.6 Å². The number of aliphatic hydroxyl groups excluding tert-OH is 1. The van der Waals surface area contributed by atoms with Gasteiger partial charge >= 0.3 is 0 Å². The van der Waals surface area contributed by atoms with Gasteiger partial charge in [-0.05, 0) is 0 Å². The number of nitrogens with zero attached hydrogens (tertiary/aromatic N) is 1. The van der Waals surface area contributed by atoms with Gasteiger partial charge in [0.2, 0.25) is 5.88 Å². The first-order chi connectivity index (χ1) is 4.74. The maximum atomic E-state index is 8.89. The number of amidine groups is 1. The van der Waals surface area contributed by atoms with E-state index in [1.54, 1.807) is 0 Å². The Bertz CT molecular complexity index is 200. The first-order valence-electron chi connectivity index (χ1n) is 2.55. The van der Waals surface area contributed by atoms with Crippen LogP contribution in [0.4, 0.5) is 0 Å². The Morgan fingerprint density at radius 3 is 3.00 bits per heavy atom. The van der Waals surface area contributed by atoms with Crippen molar-refractivity contribution < 1.29 is 9.84 Å². The summed E-state index contributed by atoms with van der Waals surface area (Å²) in [5.41, 5.74) is 0. The van der Waals surface area contributed by atoms with E-state index < -0.39 is 0 Å². The summed E-state index contributed by atoms with van der Waals surface area (Å²) in [5.74, 6) is -0.239. The Kier molecular flexibility index (Phi) is 2.01. The molecule has 0 aromatic rings. The highest BCUT2D eigenvalue weighted by atomic mass is 35.5. The average Bonchev–Trinajstić information content (AvgIpc) is 1.95. The van der Waals surface area contributed by atoms with Crippen LogP contribution in [0.2, 0.25) is 0 Å². The summed E-state index contributed by atoms with van der Waals surface area (Å²) in [7, 11) is 1.44. The van der Waals surface area contributed by atoms with Crippen molar-refractivity contribution in [2.24, 2.45) is 4.99 Å². The van der Waals surface area contributed by atoms with E-state index >= 15 is 0 Å². The first kappa shape index (κ1) is 7.21. The molecule has 55 valence electrons. The average molecular weight is 162 g/mol. The van der Waals surface area contributed by atoms with Gasteiger partial charge in [0.05, 0.1) is 13.7 Å². The zero-order valence-corrected chi connectivity index (χ0v) is 6.01. The van der Waals surface area contributed by atoms with Gasteiger partial charge < -0.3 is 15.2 Å². The molecule has 0 saturated carbocycles. The number of rotatable bonds is 0. The molecule has 1 radical (unpaired) electrons. The molecule has 0 amide bonds. The maximum Gasteiger partial charge on any atom is 0.293 e. The summed E-state index contributed by atoms with van der Waals surface area (Å²) in [6, 6.07) is 0.224. The van der Waals surface area contributed by atoms with E-state index in [1.165, 1.54) is 13.7 Å². The fourth-order valence-electron chi connectivity index (χ4n) is 0.476. The normalized spacial score (nSPS) is 18.0. The van der Waals surface area contributed by atoms with Gasteiger partial charge in [0, 0.05) is 0 Å². The third kappa shape index (κ3) is 1.33. The Morgan fingerprint density at radius 2 is 2.50 bits per heavy atom. The monoisotopic (exact) mass is 161 g/mol. The quantitative estimate of drug-likeness (QED) is 0.551. The molecule has 1 rings (SSSR count). The molecular weight excluding hydrogens is 156 g/mol. The van der Waals surface area contributed by atoms with Gasteiger partial charge in [0.15, 0.2) is 0 Å². The number of nitrogens with one attached hydrogen (secondary N) is 1. The second-order valence-corrected chi connectivity index (χ2v) is 1.99. The minimum absolute atomic E-state index is 0.167. The van der Waals surface area contributed by atoms with Crippen LogP contribution in [-0.2, 0) is 4.74 Å². The summed E-state index contributed by atoms with van der Waals surface area (Å²) >= 11 is 5.44. The summed E-state index contributed by atoms with van der Waals surface area (Å²) < 4.78 is 4.66. The molecule has 0 aromatic carbocycles. The van der Waals surface area contributed by atoms with Gasteiger partial charge in [-0.2, -0.15) is 4.99 Å². The van der Waals surface area contributed by atoms with Crippen LogP contribution in [0, 0.1) is 6.54 Å². The number of ether oxygens (including phenoxy) is 1. The second-order valence-electron chi connectivity index (χ2n) is 1.58. The van der Waals surface area contributed by atoms with Crippen LogP contribution in [0.15, 0.2) is 15.9 Å². The van der Waals surface area contributed by atoms with Gasteiger partial charge in [-0.15, -0.1) is 0 Å². The predicted octanol–water partition coefficient (Wildman–Crippen LogP) is 0.720. The lowest BCUT2D eigenvalue weighted by Gasteiger charge is -2.11. The Morgan fingerprint density at radius 1 is 1.80 bits per heavy atom. The highest BCUT2D eigenvalue weighted by Crippen LogP contribution is 2.13. The highest BCUT2D eigenvalue weighted by Gasteiger charge is 2.11. The fourth-order valence-corrected chi connectivity index (χ4v) is 0.573. The van der Waals surface area contributed by atoms with Crippen molar-refractivity contribution in [1.29, 1.82) is 0 Å². The van der Waals surface area contributed by atoms with Gasteiger partial charge in [-0.3, -0.25) is 0 Å². The smallest absolute Gasteiger partial charge is 0.293 e. The van der Waals surface area contributed by atoms with Gasteiger partial charge in [-0.25, -0.2) is 0 Å². The van der Waals surface area contributed by atoms with Crippen LogP contribution in [0.1, 0.15) is 0 Å². The van der Waals surface area contributed by atoms with Crippen molar-refractivity contribution in [2.45, 2.75) is 0 Å². The molecular formula is C5H6ClN2O2. The highest BCUT2D eigenvalue weighted by molar-refractivity contribution is 6.31. The standard InChI is InChI=1S/C5H6ClN2O2/c1-10-5-7-2-3(6)4(9)8-5/h2,9H,1H3,(H,7,8). The number of halogens is 1. The van der Waals surface area contributed by atoms with Crippen LogP contribution in [-0.4, -0.2) is 18.2 Å². The SMILES string of the molecule is COC1=NC(O)=C(Cl)[CH]N1. The maximum absolute atomic E-state index is 8.89. The molecule has 0 spiro atoms. The molecule has 5 heteroatoms. The topological polar surface area (TPSA) is 53.9 Å². The zero-order chi connectivity index (χ0) is 7.56. The minimum atomic E-state index is -0.239. The van der Waals surface area contributed by atoms with Crippen molar-refractivity contribution in [3.05, 3.63) is 17.5 Å². The summed E-state index contributed by atoms with van der Waals surface area (Å²) in [6.07, 6.45) is 0. The Labute approximate surface area is 63.2 Å². The van der Waals surface area contributed by atoms with Crippen LogP contribution in [0.5, 0.6) is 0 Å². The van der Waals surface area contributed by atoms with Crippen molar-refractivity contribution in [2.75, 3.05) is 7.11 Å². The zero-order valence-electron chi connectivity index (χ0n) is 5.26. The van der Waals surface area contributed by atoms with E-state index in [4.69, 9.17) is 16.7 Å². The van der Waals surface area contributed by atoms with Crippen LogP contribution < -0.4 is 5.32 Å². The molecule has 1 aliphatic rings. The van der Waals surface area contributed by atoms with Gasteiger partial charge in [-0.1, -0.05) is 11.6 Å². The number of aliphatic hydroxyl groups is 1. The van der Waals surface area contributed by atoms with Crippen LogP contribution in [0.25, 0.3) is 0 Å². The second kappa shape index (κ2) is 2.79. The summed E-state index contributed by atoms with van der Waals surface area (Å²) in [6.45, 7) is 1.39. The van der Waals surface area contributed by atoms with Crippen molar-refractivity contribution in [3.63, 3.8) is 0 Å². The molecule has 2 N–H and O–H groups in total. The molecule has 0 saturated heterocycles. The third-order valence-electron chi connectivity index (χ3n) is 0.937. The lowest BCUT2D eigenvalue weighted by atomic mass is 10.5. The molecule has 10 heavy (non-hydrogen) atoms. The van der Waals surface area contributed by atoms with Crippen LogP contribution in [0.3, 0.4) is 0 Å². The molecule has 4 nitrogen and oxygen atoms in total. The lowest BCUT2D eigenvalue weighted by Crippen LogP contribution is -2.26. The van der Waals surface area contributed by atoms with E-state index in [-0.39, 0.29) is 16.9 Å². The van der Waals surface area contributed by atoms with E-state index in [9.17, 15) is 0 Å². The first-order valence-corrected chi connectivity index (χ1v) is 2.93. The third-order valence-corrected chi connectivity index (χ3v) is 1.21. The molecule has 0 atom stereocenters. The van der Waals surface area contributed by atoms with Crippen molar-refractivity contribution in [1.82, 2.24) is 5.32 Å². The van der Waals surface area contributed by atoms with Crippen LogP contribution >= 0.6 is 11.6 Å². The van der Waals surface area contributed by atoms with Gasteiger partial charge in [0.25, 0.3) is 6.02 Å². The fraction of sp³-hybridized carbons (Fsp3) is 0.200. The molecule has 0 bridgehead atoms. The van der Waals surface area contributed by atoms with Gasteiger partial charge in [0.1, 0.15) is 5.03 Å². The summed E-state index contributed by atoms with van der Waals surface area (Å²) in [4.78, 5) is 3.54. The van der Waals surface area contributed by atoms with E-state index in [0.717, 1.165) is 0 Å². The van der Waals surface area contributed by atoms with Crippen molar-refractivity contribution in [3.8, 4) is 0 Å². The van der Waals surface area contributed by atoms with E-state index in [2.05, 4.69) is 15.0 Å². The molecule has 0 unspecified atom stereocenters. The Balaban J connectivity index is 2.76. The summed E-state index contributed by atoms with van der Waals surface area (Å²) in [5, 5.41) is 11.7. The minimum Gasteiger partial charge on any atom is -0.492 e. The number of hydrogen-bond donors (Lipinski definition) is 2. The largest absolute Gasteiger partial charge is 0.492 e. The Hall–Kier alpha value is -0.900. The molecule has 1 heterocycles. The molecule has 0 aromatic heterocycles. The molecule has 0 aliphatic carbocycles. The molecule has 0 fully saturated rings. The number of hydrogen-bond acceptors (Lipinski definition) is 4. The molecule has 1 aliphatic heterocycles.